The highest BCUT2D eigenvalue weighted by Crippen LogP contribution is 2.15. The highest BCUT2D eigenvalue weighted by atomic mass is 16.5. The number of nitrogens with zero attached hydrogens (tertiary/aromatic N) is 5. The SMILES string of the molecule is CCNC(=NCc1ccn(-c2ccc(OC)cc2)n1)NC(C)Cc1c(C)nn(C)c1C. The highest BCUT2D eigenvalue weighted by Gasteiger charge is 2.14. The van der Waals surface area contributed by atoms with Crippen LogP contribution in [0.1, 0.15) is 36.5 Å². The fraction of sp³-hybridized carbons (Fsp3) is 0.435. The minimum absolute atomic E-state index is 0.219. The second-order valence-corrected chi connectivity index (χ2v) is 7.67. The van der Waals surface area contributed by atoms with E-state index in [9.17, 15) is 0 Å². The number of hydrogen-bond acceptors (Lipinski definition) is 4. The summed E-state index contributed by atoms with van der Waals surface area (Å²) in [4.78, 5) is 4.73. The van der Waals surface area contributed by atoms with Crippen LogP contribution in [0.4, 0.5) is 0 Å². The topological polar surface area (TPSA) is 81.3 Å². The largest absolute Gasteiger partial charge is 0.497 e. The number of ether oxygens (including phenoxy) is 1. The molecule has 8 heteroatoms. The number of guanidine groups is 1. The third-order valence-corrected chi connectivity index (χ3v) is 5.28. The lowest BCUT2D eigenvalue weighted by Gasteiger charge is -2.18. The molecule has 2 aromatic heterocycles. The van der Waals surface area contributed by atoms with E-state index >= 15 is 0 Å². The van der Waals surface area contributed by atoms with Gasteiger partial charge in [-0.05, 0) is 70.0 Å². The van der Waals surface area contributed by atoms with Gasteiger partial charge in [-0.3, -0.25) is 4.68 Å². The van der Waals surface area contributed by atoms with Crippen molar-refractivity contribution in [2.75, 3.05) is 13.7 Å². The van der Waals surface area contributed by atoms with Crippen molar-refractivity contribution >= 4 is 5.96 Å². The minimum atomic E-state index is 0.219. The summed E-state index contributed by atoms with van der Waals surface area (Å²) in [6, 6.07) is 10.0. The second kappa shape index (κ2) is 10.1. The van der Waals surface area contributed by atoms with Crippen LogP contribution in [-0.2, 0) is 20.0 Å². The van der Waals surface area contributed by atoms with Crippen LogP contribution in [0.5, 0.6) is 5.75 Å². The molecule has 0 amide bonds. The summed E-state index contributed by atoms with van der Waals surface area (Å²) in [5.41, 5.74) is 5.46. The number of aliphatic imine (C=N–C) groups is 1. The van der Waals surface area contributed by atoms with E-state index in [0.29, 0.717) is 6.54 Å². The first kappa shape index (κ1) is 22.4. The fourth-order valence-corrected chi connectivity index (χ4v) is 3.51. The molecule has 0 aliphatic rings. The number of aryl methyl sites for hydroxylation is 2. The van der Waals surface area contributed by atoms with Gasteiger partial charge in [0.1, 0.15) is 5.75 Å². The summed E-state index contributed by atoms with van der Waals surface area (Å²) < 4.78 is 9.00. The third kappa shape index (κ3) is 5.65. The van der Waals surface area contributed by atoms with Gasteiger partial charge in [-0.1, -0.05) is 0 Å². The molecule has 1 aromatic carbocycles. The Morgan fingerprint density at radius 3 is 2.52 bits per heavy atom. The van der Waals surface area contributed by atoms with Gasteiger partial charge >= 0.3 is 0 Å². The Balaban J connectivity index is 1.64. The third-order valence-electron chi connectivity index (χ3n) is 5.28. The molecule has 0 saturated heterocycles. The summed E-state index contributed by atoms with van der Waals surface area (Å²) in [6.07, 6.45) is 2.84. The molecule has 0 aliphatic heterocycles. The smallest absolute Gasteiger partial charge is 0.191 e. The molecule has 0 spiro atoms. The number of nitrogens with one attached hydrogen (secondary N) is 2. The van der Waals surface area contributed by atoms with Crippen LogP contribution in [-0.4, -0.2) is 45.2 Å². The standard InChI is InChI=1S/C23H33N7O/c1-7-24-23(26-16(2)14-22-17(3)27-29(5)18(22)4)25-15-19-12-13-30(28-19)20-8-10-21(31-6)11-9-20/h8-13,16H,7,14-15H2,1-6H3,(H2,24,25,26). The van der Waals surface area contributed by atoms with Gasteiger partial charge in [0.25, 0.3) is 0 Å². The number of benzene rings is 1. The van der Waals surface area contributed by atoms with Crippen molar-refractivity contribution < 1.29 is 4.74 Å². The van der Waals surface area contributed by atoms with Crippen LogP contribution in [0.2, 0.25) is 0 Å². The molecular formula is C23H33N7O. The molecule has 8 nitrogen and oxygen atoms in total. The number of rotatable bonds is 8. The Morgan fingerprint density at radius 2 is 1.90 bits per heavy atom. The van der Waals surface area contributed by atoms with Crippen LogP contribution >= 0.6 is 0 Å². The van der Waals surface area contributed by atoms with Crippen LogP contribution in [0.25, 0.3) is 5.69 Å². The Morgan fingerprint density at radius 1 is 1.16 bits per heavy atom. The van der Waals surface area contributed by atoms with Crippen LogP contribution < -0.4 is 15.4 Å². The Bertz CT molecular complexity index is 1020. The Hall–Kier alpha value is -3.29. The monoisotopic (exact) mass is 423 g/mol. The van der Waals surface area contributed by atoms with Gasteiger partial charge in [-0.25, -0.2) is 9.67 Å². The predicted molar refractivity (Wildman–Crippen MR) is 124 cm³/mol. The highest BCUT2D eigenvalue weighted by molar-refractivity contribution is 5.80. The molecule has 2 heterocycles. The molecule has 166 valence electrons. The van der Waals surface area contributed by atoms with Gasteiger partial charge in [0.15, 0.2) is 5.96 Å². The maximum Gasteiger partial charge on any atom is 0.191 e. The number of hydrogen-bond donors (Lipinski definition) is 2. The van der Waals surface area contributed by atoms with Crippen molar-refractivity contribution in [3.8, 4) is 11.4 Å². The molecule has 0 radical (unpaired) electrons. The molecule has 1 atom stereocenters. The zero-order valence-corrected chi connectivity index (χ0v) is 19.3. The first-order valence-electron chi connectivity index (χ1n) is 10.6. The molecular weight excluding hydrogens is 390 g/mol. The fourth-order valence-electron chi connectivity index (χ4n) is 3.51. The van der Waals surface area contributed by atoms with E-state index in [4.69, 9.17) is 9.73 Å². The molecule has 0 bridgehead atoms. The van der Waals surface area contributed by atoms with E-state index in [2.05, 4.69) is 48.5 Å². The molecule has 0 saturated carbocycles. The van der Waals surface area contributed by atoms with E-state index in [-0.39, 0.29) is 6.04 Å². The lowest BCUT2D eigenvalue weighted by atomic mass is 10.1. The van der Waals surface area contributed by atoms with Crippen molar-refractivity contribution in [3.63, 3.8) is 0 Å². The summed E-state index contributed by atoms with van der Waals surface area (Å²) in [6.45, 7) is 9.70. The van der Waals surface area contributed by atoms with Gasteiger partial charge in [0, 0.05) is 31.5 Å². The maximum absolute atomic E-state index is 5.22. The zero-order valence-electron chi connectivity index (χ0n) is 19.3. The zero-order chi connectivity index (χ0) is 22.4. The Kier molecular flexibility index (Phi) is 7.33. The van der Waals surface area contributed by atoms with Crippen molar-refractivity contribution in [2.45, 2.75) is 46.7 Å². The summed E-state index contributed by atoms with van der Waals surface area (Å²) in [5.74, 6) is 1.61. The van der Waals surface area contributed by atoms with Gasteiger partial charge in [-0.2, -0.15) is 10.2 Å². The molecule has 3 aromatic rings. The molecule has 31 heavy (non-hydrogen) atoms. The van der Waals surface area contributed by atoms with Gasteiger partial charge in [0.2, 0.25) is 0 Å². The summed E-state index contributed by atoms with van der Waals surface area (Å²) in [5, 5.41) is 16.0. The van der Waals surface area contributed by atoms with E-state index in [0.717, 1.165) is 41.7 Å². The number of methoxy groups -OCH3 is 1. The van der Waals surface area contributed by atoms with Gasteiger partial charge in [0.05, 0.1) is 30.7 Å². The molecule has 3 rings (SSSR count). The van der Waals surface area contributed by atoms with Crippen LogP contribution in [0.15, 0.2) is 41.5 Å². The molecule has 2 N–H and O–H groups in total. The van der Waals surface area contributed by atoms with Crippen molar-refractivity contribution in [1.29, 1.82) is 0 Å². The van der Waals surface area contributed by atoms with Crippen molar-refractivity contribution in [3.05, 3.63) is 59.2 Å². The lowest BCUT2D eigenvalue weighted by Crippen LogP contribution is -2.43. The first-order chi connectivity index (χ1) is 14.9. The van der Waals surface area contributed by atoms with E-state index in [1.807, 2.05) is 52.9 Å². The van der Waals surface area contributed by atoms with Gasteiger partial charge in [-0.15, -0.1) is 0 Å². The average molecular weight is 424 g/mol. The Labute approximate surface area is 184 Å². The van der Waals surface area contributed by atoms with E-state index < -0.39 is 0 Å². The first-order valence-corrected chi connectivity index (χ1v) is 10.6. The van der Waals surface area contributed by atoms with Crippen LogP contribution in [0.3, 0.4) is 0 Å². The van der Waals surface area contributed by atoms with Gasteiger partial charge < -0.3 is 15.4 Å². The molecule has 0 aliphatic carbocycles. The predicted octanol–water partition coefficient (Wildman–Crippen LogP) is 2.92. The molecule has 1 unspecified atom stereocenters. The second-order valence-electron chi connectivity index (χ2n) is 7.67. The van der Waals surface area contributed by atoms with E-state index in [1.165, 1.54) is 11.3 Å². The van der Waals surface area contributed by atoms with E-state index in [1.54, 1.807) is 7.11 Å². The van der Waals surface area contributed by atoms with Crippen molar-refractivity contribution in [2.24, 2.45) is 12.0 Å². The minimum Gasteiger partial charge on any atom is -0.497 e. The van der Waals surface area contributed by atoms with Crippen molar-refractivity contribution in [1.82, 2.24) is 30.2 Å². The summed E-state index contributed by atoms with van der Waals surface area (Å²) >= 11 is 0. The summed E-state index contributed by atoms with van der Waals surface area (Å²) in [7, 11) is 3.65. The number of aromatic nitrogens is 4. The lowest BCUT2D eigenvalue weighted by molar-refractivity contribution is 0.414. The quantitative estimate of drug-likeness (QED) is 0.430. The maximum atomic E-state index is 5.22. The normalized spacial score (nSPS) is 12.6. The average Bonchev–Trinajstić information content (AvgIpc) is 3.32. The molecule has 0 fully saturated rings. The van der Waals surface area contributed by atoms with Crippen LogP contribution in [0, 0.1) is 13.8 Å².